The van der Waals surface area contributed by atoms with Crippen molar-refractivity contribution < 1.29 is 14.4 Å². The number of nitrogens with one attached hydrogen (secondary N) is 1. The van der Waals surface area contributed by atoms with E-state index in [9.17, 15) is 19.3 Å². The summed E-state index contributed by atoms with van der Waals surface area (Å²) in [5, 5.41) is 18.5. The monoisotopic (exact) mass is 175 g/mol. The molecule has 8 heteroatoms. The number of hydrogen-bond donors (Lipinski definition) is 2. The maximum absolute atomic E-state index is 12.3. The number of H-pyrrole nitrogens is 1. The Hall–Kier alpha value is -1.99. The summed E-state index contributed by atoms with van der Waals surface area (Å²) in [7, 11) is 0. The first kappa shape index (κ1) is 8.11. The number of nitro groups is 1. The van der Waals surface area contributed by atoms with Gasteiger partial charge in [-0.05, 0) is 9.91 Å². The lowest BCUT2D eigenvalue weighted by Crippen LogP contribution is -2.14. The van der Waals surface area contributed by atoms with Crippen LogP contribution in [-0.4, -0.2) is 20.0 Å². The molecule has 1 aromatic rings. The first-order valence-corrected chi connectivity index (χ1v) is 2.65. The van der Waals surface area contributed by atoms with Crippen LogP contribution in [0.5, 0.6) is 5.88 Å². The van der Waals surface area contributed by atoms with E-state index < -0.39 is 28.1 Å². The van der Waals surface area contributed by atoms with E-state index in [1.54, 1.807) is 0 Å². The maximum Gasteiger partial charge on any atom is 0.438 e. The van der Waals surface area contributed by atoms with Gasteiger partial charge in [-0.25, -0.2) is 9.78 Å². The van der Waals surface area contributed by atoms with Crippen molar-refractivity contribution in [3.63, 3.8) is 0 Å². The van der Waals surface area contributed by atoms with Crippen LogP contribution in [0.1, 0.15) is 0 Å². The lowest BCUT2D eigenvalue weighted by atomic mass is 10.6. The highest BCUT2D eigenvalue weighted by atomic mass is 19.1. The minimum atomic E-state index is -1.54. The van der Waals surface area contributed by atoms with Crippen molar-refractivity contribution in [2.24, 2.45) is 0 Å². The van der Waals surface area contributed by atoms with Crippen molar-refractivity contribution in [3.8, 4) is 5.88 Å². The number of hydrogen-bond acceptors (Lipinski definition) is 5. The minimum Gasteiger partial charge on any atom is -0.479 e. The molecule has 1 rings (SSSR count). The zero-order valence-corrected chi connectivity index (χ0v) is 5.44. The summed E-state index contributed by atoms with van der Waals surface area (Å²) < 4.78 is 12.3. The standard InChI is InChI=1S/C4H2FN3O4/c5-1-2(9)6-4(8(11)12)7-3(1)10/h(H2,6,7,9,10). The topological polar surface area (TPSA) is 109 Å². The lowest BCUT2D eigenvalue weighted by Gasteiger charge is -1.92. The molecule has 2 N–H and O–H groups in total. The van der Waals surface area contributed by atoms with Crippen LogP contribution in [-0.2, 0) is 0 Å². The van der Waals surface area contributed by atoms with Crippen LogP contribution in [0.15, 0.2) is 4.79 Å². The molecule has 0 aromatic carbocycles. The van der Waals surface area contributed by atoms with Gasteiger partial charge in [0.25, 0.3) is 5.82 Å². The Morgan fingerprint density at radius 1 is 1.67 bits per heavy atom. The Bertz CT molecular complexity index is 386. The van der Waals surface area contributed by atoms with E-state index >= 15 is 0 Å². The number of aromatic hydroxyl groups is 1. The molecule has 0 aliphatic heterocycles. The summed E-state index contributed by atoms with van der Waals surface area (Å²) in [5.74, 6) is -3.83. The van der Waals surface area contributed by atoms with Crippen LogP contribution in [0.2, 0.25) is 0 Å². The van der Waals surface area contributed by atoms with Gasteiger partial charge in [0.1, 0.15) is 0 Å². The van der Waals surface area contributed by atoms with Gasteiger partial charge in [0.15, 0.2) is 0 Å². The second-order valence-corrected chi connectivity index (χ2v) is 1.78. The van der Waals surface area contributed by atoms with Gasteiger partial charge in [0, 0.05) is 0 Å². The third-order valence-electron chi connectivity index (χ3n) is 1.01. The van der Waals surface area contributed by atoms with E-state index in [-0.39, 0.29) is 0 Å². The van der Waals surface area contributed by atoms with Crippen molar-refractivity contribution in [1.82, 2.24) is 9.97 Å². The molecule has 7 nitrogen and oxygen atoms in total. The molecule has 0 saturated heterocycles. The molecule has 0 amide bonds. The van der Waals surface area contributed by atoms with Crippen molar-refractivity contribution in [3.05, 3.63) is 26.3 Å². The van der Waals surface area contributed by atoms with Gasteiger partial charge in [0.2, 0.25) is 0 Å². The van der Waals surface area contributed by atoms with Gasteiger partial charge in [-0.15, -0.1) is 0 Å². The fraction of sp³-hybridized carbons (Fsp3) is 0. The van der Waals surface area contributed by atoms with Gasteiger partial charge in [-0.1, -0.05) is 0 Å². The van der Waals surface area contributed by atoms with Crippen LogP contribution >= 0.6 is 0 Å². The van der Waals surface area contributed by atoms with Gasteiger partial charge in [0.05, 0.1) is 0 Å². The van der Waals surface area contributed by atoms with E-state index in [1.165, 1.54) is 4.98 Å². The minimum absolute atomic E-state index is 1.00. The van der Waals surface area contributed by atoms with Gasteiger partial charge < -0.3 is 15.2 Å². The third-order valence-corrected chi connectivity index (χ3v) is 1.01. The molecule has 0 fully saturated rings. The Morgan fingerprint density at radius 2 is 2.25 bits per heavy atom. The molecule has 0 aliphatic carbocycles. The quantitative estimate of drug-likeness (QED) is 0.442. The highest BCUT2D eigenvalue weighted by Crippen LogP contribution is 2.08. The first-order chi connectivity index (χ1) is 5.52. The molecule has 64 valence electrons. The van der Waals surface area contributed by atoms with Crippen molar-refractivity contribution in [2.45, 2.75) is 0 Å². The second kappa shape index (κ2) is 2.57. The number of aromatic amines is 1. The smallest absolute Gasteiger partial charge is 0.438 e. The van der Waals surface area contributed by atoms with Crippen LogP contribution < -0.4 is 5.56 Å². The largest absolute Gasteiger partial charge is 0.479 e. The zero-order valence-electron chi connectivity index (χ0n) is 5.44. The Kier molecular flexibility index (Phi) is 1.73. The fourth-order valence-corrected chi connectivity index (χ4v) is 0.522. The molecule has 1 heterocycles. The van der Waals surface area contributed by atoms with Gasteiger partial charge in [-0.2, -0.15) is 4.39 Å². The molecule has 0 bridgehead atoms. The zero-order chi connectivity index (χ0) is 9.30. The predicted molar refractivity (Wildman–Crippen MR) is 33.1 cm³/mol. The molecule has 0 spiro atoms. The van der Waals surface area contributed by atoms with Crippen LogP contribution in [0.4, 0.5) is 10.3 Å². The Morgan fingerprint density at radius 3 is 2.67 bits per heavy atom. The van der Waals surface area contributed by atoms with E-state index in [2.05, 4.69) is 4.98 Å². The molecule has 1 aromatic heterocycles. The summed E-state index contributed by atoms with van der Waals surface area (Å²) in [6, 6.07) is 0. The van der Waals surface area contributed by atoms with Crippen molar-refractivity contribution >= 4 is 5.95 Å². The first-order valence-electron chi connectivity index (χ1n) is 2.65. The van der Waals surface area contributed by atoms with Crippen LogP contribution in [0.25, 0.3) is 0 Å². The summed E-state index contributed by atoms with van der Waals surface area (Å²) >= 11 is 0. The summed E-state index contributed by atoms with van der Waals surface area (Å²) in [6.07, 6.45) is 0. The summed E-state index contributed by atoms with van der Waals surface area (Å²) in [6.45, 7) is 0. The van der Waals surface area contributed by atoms with E-state index in [0.717, 1.165) is 0 Å². The van der Waals surface area contributed by atoms with Gasteiger partial charge in [-0.3, -0.25) is 0 Å². The molecule has 0 unspecified atom stereocenters. The average molecular weight is 175 g/mol. The Labute approximate surface area is 63.6 Å². The number of aromatic nitrogens is 2. The van der Waals surface area contributed by atoms with Crippen LogP contribution in [0, 0.1) is 15.9 Å². The van der Waals surface area contributed by atoms with Gasteiger partial charge >= 0.3 is 17.4 Å². The molecular formula is C4H2FN3O4. The predicted octanol–water partition coefficient (Wildman–Crippen LogP) is -0.477. The molecular weight excluding hydrogens is 173 g/mol. The van der Waals surface area contributed by atoms with E-state index in [0.29, 0.717) is 0 Å². The SMILES string of the molecule is O=c1[nH]c([N+](=O)[O-])nc(O)c1F. The molecule has 12 heavy (non-hydrogen) atoms. The maximum atomic E-state index is 12.3. The van der Waals surface area contributed by atoms with E-state index in [1.807, 2.05) is 0 Å². The second-order valence-electron chi connectivity index (χ2n) is 1.78. The normalized spacial score (nSPS) is 9.75. The summed E-state index contributed by atoms with van der Waals surface area (Å²) in [5.41, 5.74) is -1.38. The lowest BCUT2D eigenvalue weighted by molar-refractivity contribution is -0.394. The number of rotatable bonds is 1. The van der Waals surface area contributed by atoms with E-state index in [4.69, 9.17) is 5.11 Å². The summed E-state index contributed by atoms with van der Waals surface area (Å²) in [4.78, 5) is 23.6. The fourth-order valence-electron chi connectivity index (χ4n) is 0.522. The molecule has 0 radical (unpaired) electrons. The van der Waals surface area contributed by atoms with Crippen LogP contribution in [0.3, 0.4) is 0 Å². The van der Waals surface area contributed by atoms with Crippen molar-refractivity contribution in [2.75, 3.05) is 0 Å². The number of halogens is 1. The highest BCUT2D eigenvalue weighted by molar-refractivity contribution is 5.15. The average Bonchev–Trinajstić information content (AvgIpc) is 1.99. The highest BCUT2D eigenvalue weighted by Gasteiger charge is 2.18. The molecule has 0 saturated carbocycles. The molecule has 0 aliphatic rings. The number of nitrogens with zero attached hydrogens (tertiary/aromatic N) is 2. The van der Waals surface area contributed by atoms with Crippen molar-refractivity contribution in [1.29, 1.82) is 0 Å². The molecule has 0 atom stereocenters. The Balaban J connectivity index is 3.41. The third kappa shape index (κ3) is 1.21.